The van der Waals surface area contributed by atoms with Crippen molar-refractivity contribution in [3.05, 3.63) is 0 Å². The Morgan fingerprint density at radius 2 is 2.62 bits per heavy atom. The van der Waals surface area contributed by atoms with Gasteiger partial charge >= 0.3 is 0 Å². The molecule has 1 saturated heterocycles. The largest absolute Gasteiger partial charge is 0.272 e. The summed E-state index contributed by atoms with van der Waals surface area (Å²) in [7, 11) is 1.75. The standard InChI is InChI=1S/C4H8N2OS/c1-5-6-3-8-2-4(6)7/h5H,2-3H2,1H3. The minimum absolute atomic E-state index is 0.178. The maximum atomic E-state index is 10.6. The number of carbonyl (C=O) groups excluding carboxylic acids is 1. The molecule has 0 saturated carbocycles. The Hall–Kier alpha value is -0.220. The van der Waals surface area contributed by atoms with Crippen LogP contribution in [0.25, 0.3) is 0 Å². The molecule has 0 unspecified atom stereocenters. The van der Waals surface area contributed by atoms with E-state index in [1.165, 1.54) is 0 Å². The van der Waals surface area contributed by atoms with Gasteiger partial charge in [0.05, 0.1) is 11.6 Å². The Kier molecular flexibility index (Phi) is 1.75. The average molecular weight is 132 g/mol. The molecule has 0 aromatic rings. The number of thioether (sulfide) groups is 1. The zero-order valence-electron chi connectivity index (χ0n) is 4.68. The number of hydrogen-bond donors (Lipinski definition) is 1. The van der Waals surface area contributed by atoms with Gasteiger partial charge < -0.3 is 0 Å². The van der Waals surface area contributed by atoms with Crippen LogP contribution in [0.3, 0.4) is 0 Å². The number of amides is 1. The lowest BCUT2D eigenvalue weighted by molar-refractivity contribution is -0.128. The van der Waals surface area contributed by atoms with E-state index in [0.29, 0.717) is 5.75 Å². The van der Waals surface area contributed by atoms with Crippen molar-refractivity contribution in [2.75, 3.05) is 18.7 Å². The van der Waals surface area contributed by atoms with Gasteiger partial charge in [-0.3, -0.25) is 9.80 Å². The van der Waals surface area contributed by atoms with Crippen LogP contribution in [0.1, 0.15) is 0 Å². The molecule has 1 heterocycles. The van der Waals surface area contributed by atoms with Crippen molar-refractivity contribution in [3.8, 4) is 0 Å². The smallest absolute Gasteiger partial charge is 0.247 e. The molecule has 4 heteroatoms. The lowest BCUT2D eigenvalue weighted by Crippen LogP contribution is -2.36. The average Bonchev–Trinajstić information content (AvgIpc) is 2.14. The van der Waals surface area contributed by atoms with E-state index in [0.717, 1.165) is 5.88 Å². The molecule has 1 rings (SSSR count). The molecular formula is C4H8N2OS. The van der Waals surface area contributed by atoms with Crippen molar-refractivity contribution in [1.82, 2.24) is 10.4 Å². The normalized spacial score (nSPS) is 20.1. The second-order valence-corrected chi connectivity index (χ2v) is 2.48. The van der Waals surface area contributed by atoms with Crippen LogP contribution in [0.2, 0.25) is 0 Å². The molecule has 0 bridgehead atoms. The second-order valence-electron chi connectivity index (χ2n) is 1.52. The van der Waals surface area contributed by atoms with Crippen LogP contribution in [-0.2, 0) is 4.79 Å². The Morgan fingerprint density at radius 3 is 2.88 bits per heavy atom. The molecule has 1 aliphatic rings. The van der Waals surface area contributed by atoms with Gasteiger partial charge in [-0.15, -0.1) is 11.8 Å². The topological polar surface area (TPSA) is 32.3 Å². The van der Waals surface area contributed by atoms with Crippen LogP contribution in [0, 0.1) is 0 Å². The fourth-order valence-corrected chi connectivity index (χ4v) is 1.44. The third kappa shape index (κ3) is 0.952. The molecule has 0 atom stereocenters. The van der Waals surface area contributed by atoms with Crippen LogP contribution in [0.4, 0.5) is 0 Å². The SMILES string of the molecule is CNN1CSCC1=O. The van der Waals surface area contributed by atoms with E-state index in [2.05, 4.69) is 5.43 Å². The van der Waals surface area contributed by atoms with Gasteiger partial charge in [0.25, 0.3) is 0 Å². The van der Waals surface area contributed by atoms with Crippen LogP contribution < -0.4 is 5.43 Å². The third-order valence-corrected chi connectivity index (χ3v) is 1.91. The highest BCUT2D eigenvalue weighted by Gasteiger charge is 2.18. The second kappa shape index (κ2) is 2.37. The molecule has 0 radical (unpaired) electrons. The molecule has 3 nitrogen and oxygen atoms in total. The molecule has 1 aliphatic heterocycles. The van der Waals surface area contributed by atoms with Gasteiger partial charge in [-0.25, -0.2) is 5.43 Å². The molecule has 0 spiro atoms. The predicted octanol–water partition coefficient (Wildman–Crippen LogP) is -0.346. The van der Waals surface area contributed by atoms with E-state index in [9.17, 15) is 4.79 Å². The summed E-state index contributed by atoms with van der Waals surface area (Å²) in [5.41, 5.74) is 2.78. The van der Waals surface area contributed by atoms with Gasteiger partial charge in [0.15, 0.2) is 0 Å². The molecule has 1 N–H and O–H groups in total. The molecule has 0 aromatic heterocycles. The highest BCUT2D eigenvalue weighted by atomic mass is 32.2. The summed E-state index contributed by atoms with van der Waals surface area (Å²) in [5.74, 6) is 1.59. The highest BCUT2D eigenvalue weighted by Crippen LogP contribution is 2.10. The number of rotatable bonds is 1. The van der Waals surface area contributed by atoms with Crippen molar-refractivity contribution < 1.29 is 4.79 Å². The first-order valence-electron chi connectivity index (χ1n) is 2.40. The molecule has 8 heavy (non-hydrogen) atoms. The summed E-state index contributed by atoms with van der Waals surface area (Å²) in [5, 5.41) is 1.60. The molecule has 0 aliphatic carbocycles. The Morgan fingerprint density at radius 1 is 1.88 bits per heavy atom. The lowest BCUT2D eigenvalue weighted by Gasteiger charge is -2.10. The van der Waals surface area contributed by atoms with Gasteiger partial charge in [-0.2, -0.15) is 0 Å². The number of nitrogens with zero attached hydrogens (tertiary/aromatic N) is 1. The van der Waals surface area contributed by atoms with E-state index in [1.54, 1.807) is 23.8 Å². The zero-order valence-corrected chi connectivity index (χ0v) is 5.49. The van der Waals surface area contributed by atoms with E-state index in [-0.39, 0.29) is 5.91 Å². The number of nitrogens with one attached hydrogen (secondary N) is 1. The minimum atomic E-state index is 0.178. The predicted molar refractivity (Wildman–Crippen MR) is 33.2 cm³/mol. The number of carbonyl (C=O) groups is 1. The summed E-state index contributed by atoms with van der Waals surface area (Å²) >= 11 is 1.63. The Balaban J connectivity index is 2.42. The number of hydrazine groups is 1. The Bertz CT molecular complexity index is 106. The molecule has 1 amide bonds. The number of hydrogen-bond acceptors (Lipinski definition) is 3. The first-order chi connectivity index (χ1) is 3.84. The van der Waals surface area contributed by atoms with E-state index < -0.39 is 0 Å². The first kappa shape index (κ1) is 5.91. The van der Waals surface area contributed by atoms with Crippen LogP contribution >= 0.6 is 11.8 Å². The van der Waals surface area contributed by atoms with Crippen LogP contribution in [0.5, 0.6) is 0 Å². The summed E-state index contributed by atoms with van der Waals surface area (Å²) in [4.78, 5) is 10.6. The summed E-state index contributed by atoms with van der Waals surface area (Å²) in [6.07, 6.45) is 0. The molecular weight excluding hydrogens is 124 g/mol. The first-order valence-corrected chi connectivity index (χ1v) is 3.55. The van der Waals surface area contributed by atoms with Gasteiger partial charge in [-0.05, 0) is 0 Å². The zero-order chi connectivity index (χ0) is 5.98. The van der Waals surface area contributed by atoms with E-state index in [4.69, 9.17) is 0 Å². The summed E-state index contributed by atoms with van der Waals surface area (Å²) in [6, 6.07) is 0. The van der Waals surface area contributed by atoms with Gasteiger partial charge in [0, 0.05) is 7.05 Å². The van der Waals surface area contributed by atoms with Crippen molar-refractivity contribution >= 4 is 17.7 Å². The van der Waals surface area contributed by atoms with Crippen molar-refractivity contribution in [2.24, 2.45) is 0 Å². The van der Waals surface area contributed by atoms with Crippen molar-refractivity contribution in [3.63, 3.8) is 0 Å². The third-order valence-electron chi connectivity index (χ3n) is 1.02. The molecule has 0 aromatic carbocycles. The molecule has 1 fully saturated rings. The molecule has 46 valence electrons. The monoisotopic (exact) mass is 132 g/mol. The fraction of sp³-hybridized carbons (Fsp3) is 0.750. The van der Waals surface area contributed by atoms with Gasteiger partial charge in [-0.1, -0.05) is 0 Å². The van der Waals surface area contributed by atoms with Crippen LogP contribution in [-0.4, -0.2) is 29.6 Å². The minimum Gasteiger partial charge on any atom is -0.272 e. The van der Waals surface area contributed by atoms with Crippen molar-refractivity contribution in [1.29, 1.82) is 0 Å². The lowest BCUT2D eigenvalue weighted by atomic mass is 10.7. The van der Waals surface area contributed by atoms with E-state index >= 15 is 0 Å². The van der Waals surface area contributed by atoms with E-state index in [1.807, 2.05) is 0 Å². The summed E-state index contributed by atoms with van der Waals surface area (Å²) in [6.45, 7) is 0. The maximum absolute atomic E-state index is 10.6. The Labute approximate surface area is 52.4 Å². The fourth-order valence-electron chi connectivity index (χ4n) is 0.563. The quantitative estimate of drug-likeness (QED) is 0.529. The van der Waals surface area contributed by atoms with Gasteiger partial charge in [0.1, 0.15) is 0 Å². The summed E-state index contributed by atoms with van der Waals surface area (Å²) < 4.78 is 0. The highest BCUT2D eigenvalue weighted by molar-refractivity contribution is 8.00. The van der Waals surface area contributed by atoms with Crippen LogP contribution in [0.15, 0.2) is 0 Å². The van der Waals surface area contributed by atoms with Gasteiger partial charge in [0.2, 0.25) is 5.91 Å². The maximum Gasteiger partial charge on any atom is 0.247 e. The van der Waals surface area contributed by atoms with Crippen molar-refractivity contribution in [2.45, 2.75) is 0 Å².